The van der Waals surface area contributed by atoms with Gasteiger partial charge in [0.15, 0.2) is 0 Å². The van der Waals surface area contributed by atoms with Crippen molar-refractivity contribution in [1.29, 1.82) is 0 Å². The van der Waals surface area contributed by atoms with E-state index in [9.17, 15) is 4.79 Å². The summed E-state index contributed by atoms with van der Waals surface area (Å²) < 4.78 is 0. The highest BCUT2D eigenvalue weighted by molar-refractivity contribution is 5.76. The van der Waals surface area contributed by atoms with Crippen molar-refractivity contribution in [2.45, 2.75) is 46.5 Å². The zero-order valence-corrected chi connectivity index (χ0v) is 8.47. The number of nitrogens with two attached hydrogens (primary N) is 1. The van der Waals surface area contributed by atoms with E-state index in [0.29, 0.717) is 5.92 Å². The first kappa shape index (κ1) is 11.5. The maximum atomic E-state index is 10.9. The Balaban J connectivity index is 3.77. The molecule has 2 nitrogen and oxygen atoms in total. The van der Waals surface area contributed by atoms with Gasteiger partial charge in [0, 0.05) is 5.92 Å². The summed E-state index contributed by atoms with van der Waals surface area (Å²) in [6.45, 7) is 6.38. The summed E-state index contributed by atoms with van der Waals surface area (Å²) in [6.07, 6.45) is 4.23. The molecule has 0 aliphatic heterocycles. The van der Waals surface area contributed by atoms with Gasteiger partial charge in [-0.25, -0.2) is 0 Å². The Morgan fingerprint density at radius 2 is 2.00 bits per heavy atom. The van der Waals surface area contributed by atoms with Gasteiger partial charge in [-0.2, -0.15) is 0 Å². The Hall–Kier alpha value is -0.530. The molecule has 2 unspecified atom stereocenters. The molecule has 0 saturated carbocycles. The Labute approximate surface area is 75.5 Å². The van der Waals surface area contributed by atoms with Crippen molar-refractivity contribution >= 4 is 5.91 Å². The maximum absolute atomic E-state index is 10.9. The molecule has 0 aromatic heterocycles. The molecule has 0 rings (SSSR count). The van der Waals surface area contributed by atoms with Crippen LogP contribution in [-0.4, -0.2) is 5.91 Å². The molecule has 2 N–H and O–H groups in total. The van der Waals surface area contributed by atoms with Gasteiger partial charge in [-0.15, -0.1) is 0 Å². The molecule has 0 fully saturated rings. The van der Waals surface area contributed by atoms with Crippen LogP contribution in [0.3, 0.4) is 0 Å². The predicted octanol–water partition coefficient (Wildman–Crippen LogP) is 2.32. The molecule has 0 aliphatic carbocycles. The van der Waals surface area contributed by atoms with Crippen molar-refractivity contribution in [2.24, 2.45) is 17.6 Å². The van der Waals surface area contributed by atoms with Crippen LogP contribution in [0.1, 0.15) is 46.5 Å². The van der Waals surface area contributed by atoms with E-state index in [2.05, 4.69) is 13.8 Å². The molecule has 2 heteroatoms. The molecule has 0 radical (unpaired) electrons. The zero-order chi connectivity index (χ0) is 9.56. The number of hydrogen-bond acceptors (Lipinski definition) is 1. The average Bonchev–Trinajstić information content (AvgIpc) is 2.00. The Morgan fingerprint density at radius 3 is 2.33 bits per heavy atom. The number of rotatable bonds is 6. The van der Waals surface area contributed by atoms with Crippen molar-refractivity contribution in [3.8, 4) is 0 Å². The van der Waals surface area contributed by atoms with Crippen LogP contribution in [0.5, 0.6) is 0 Å². The van der Waals surface area contributed by atoms with Gasteiger partial charge in [0.05, 0.1) is 0 Å². The van der Waals surface area contributed by atoms with Crippen LogP contribution in [0.25, 0.3) is 0 Å². The van der Waals surface area contributed by atoms with Crippen LogP contribution in [0.2, 0.25) is 0 Å². The Kier molecular flexibility index (Phi) is 5.77. The third-order valence-corrected chi connectivity index (χ3v) is 2.36. The number of hydrogen-bond donors (Lipinski definition) is 1. The van der Waals surface area contributed by atoms with Gasteiger partial charge in [-0.1, -0.05) is 33.6 Å². The number of amides is 1. The first-order valence-corrected chi connectivity index (χ1v) is 4.91. The molecular formula is C10H21NO. The second kappa shape index (κ2) is 6.04. The molecule has 0 heterocycles. The van der Waals surface area contributed by atoms with Crippen LogP contribution in [0.4, 0.5) is 0 Å². The van der Waals surface area contributed by atoms with Crippen LogP contribution in [0.15, 0.2) is 0 Å². The number of carbonyl (C=O) groups is 1. The SMILES string of the molecule is CCCC(C)CC(CC)C(N)=O. The topological polar surface area (TPSA) is 43.1 Å². The van der Waals surface area contributed by atoms with Crippen LogP contribution < -0.4 is 5.73 Å². The predicted molar refractivity (Wildman–Crippen MR) is 51.7 cm³/mol. The normalized spacial score (nSPS) is 15.6. The monoisotopic (exact) mass is 171 g/mol. The second-order valence-corrected chi connectivity index (χ2v) is 3.64. The van der Waals surface area contributed by atoms with E-state index in [4.69, 9.17) is 5.73 Å². The van der Waals surface area contributed by atoms with Gasteiger partial charge >= 0.3 is 0 Å². The lowest BCUT2D eigenvalue weighted by atomic mass is 9.90. The molecule has 72 valence electrons. The van der Waals surface area contributed by atoms with Gasteiger partial charge in [0.25, 0.3) is 0 Å². The summed E-state index contributed by atoms with van der Waals surface area (Å²) >= 11 is 0. The van der Waals surface area contributed by atoms with Gasteiger partial charge in [-0.3, -0.25) is 4.79 Å². The number of primary amides is 1. The van der Waals surface area contributed by atoms with Crippen LogP contribution >= 0.6 is 0 Å². The fourth-order valence-electron chi connectivity index (χ4n) is 1.58. The van der Waals surface area contributed by atoms with Crippen molar-refractivity contribution in [3.05, 3.63) is 0 Å². The lowest BCUT2D eigenvalue weighted by Crippen LogP contribution is -2.24. The average molecular weight is 171 g/mol. The highest BCUT2D eigenvalue weighted by Crippen LogP contribution is 2.18. The Bertz CT molecular complexity index is 134. The minimum Gasteiger partial charge on any atom is -0.369 e. The van der Waals surface area contributed by atoms with Gasteiger partial charge in [0.1, 0.15) is 0 Å². The summed E-state index contributed by atoms with van der Waals surface area (Å²) in [6, 6.07) is 0. The quantitative estimate of drug-likeness (QED) is 0.655. The van der Waals surface area contributed by atoms with Gasteiger partial charge < -0.3 is 5.73 Å². The third kappa shape index (κ3) is 4.37. The first-order valence-electron chi connectivity index (χ1n) is 4.91. The van der Waals surface area contributed by atoms with Crippen molar-refractivity contribution < 1.29 is 4.79 Å². The lowest BCUT2D eigenvalue weighted by molar-refractivity contribution is -0.122. The van der Waals surface area contributed by atoms with E-state index in [1.165, 1.54) is 12.8 Å². The molecular weight excluding hydrogens is 150 g/mol. The summed E-state index contributed by atoms with van der Waals surface area (Å²) in [7, 11) is 0. The molecule has 2 atom stereocenters. The van der Waals surface area contributed by atoms with Crippen LogP contribution in [0, 0.1) is 11.8 Å². The van der Waals surface area contributed by atoms with Gasteiger partial charge in [0.2, 0.25) is 5.91 Å². The largest absolute Gasteiger partial charge is 0.369 e. The number of carbonyl (C=O) groups excluding carboxylic acids is 1. The van der Waals surface area contributed by atoms with Gasteiger partial charge in [-0.05, 0) is 18.8 Å². The second-order valence-electron chi connectivity index (χ2n) is 3.64. The maximum Gasteiger partial charge on any atom is 0.220 e. The van der Waals surface area contributed by atoms with E-state index in [0.717, 1.165) is 12.8 Å². The lowest BCUT2D eigenvalue weighted by Gasteiger charge is -2.15. The summed E-state index contributed by atoms with van der Waals surface area (Å²) in [5, 5.41) is 0. The first-order chi connectivity index (χ1) is 5.61. The highest BCUT2D eigenvalue weighted by atomic mass is 16.1. The van der Waals surface area contributed by atoms with E-state index >= 15 is 0 Å². The minimum absolute atomic E-state index is 0.0894. The van der Waals surface area contributed by atoms with E-state index < -0.39 is 0 Å². The molecule has 0 aliphatic rings. The molecule has 12 heavy (non-hydrogen) atoms. The van der Waals surface area contributed by atoms with E-state index in [1.807, 2.05) is 6.92 Å². The summed E-state index contributed by atoms with van der Waals surface area (Å²) in [5.74, 6) is 0.583. The third-order valence-electron chi connectivity index (χ3n) is 2.36. The van der Waals surface area contributed by atoms with Crippen LogP contribution in [-0.2, 0) is 4.79 Å². The molecule has 0 aromatic carbocycles. The van der Waals surface area contributed by atoms with Crippen molar-refractivity contribution in [1.82, 2.24) is 0 Å². The van der Waals surface area contributed by atoms with Crippen molar-refractivity contribution in [3.63, 3.8) is 0 Å². The van der Waals surface area contributed by atoms with E-state index in [-0.39, 0.29) is 11.8 Å². The standard InChI is InChI=1S/C10H21NO/c1-4-6-8(3)7-9(5-2)10(11)12/h8-9H,4-7H2,1-3H3,(H2,11,12). The molecule has 0 bridgehead atoms. The molecule has 0 spiro atoms. The smallest absolute Gasteiger partial charge is 0.220 e. The molecule has 0 aromatic rings. The molecule has 1 amide bonds. The fraction of sp³-hybridized carbons (Fsp3) is 0.900. The Morgan fingerprint density at radius 1 is 1.42 bits per heavy atom. The summed E-state index contributed by atoms with van der Waals surface area (Å²) in [4.78, 5) is 10.9. The van der Waals surface area contributed by atoms with E-state index in [1.54, 1.807) is 0 Å². The fourth-order valence-corrected chi connectivity index (χ4v) is 1.58. The minimum atomic E-state index is -0.138. The summed E-state index contributed by atoms with van der Waals surface area (Å²) in [5.41, 5.74) is 5.25. The van der Waals surface area contributed by atoms with Crippen molar-refractivity contribution in [2.75, 3.05) is 0 Å². The molecule has 0 saturated heterocycles. The zero-order valence-electron chi connectivity index (χ0n) is 8.47. The highest BCUT2D eigenvalue weighted by Gasteiger charge is 2.15.